The summed E-state index contributed by atoms with van der Waals surface area (Å²) in [5.74, 6) is 1.91. The van der Waals surface area contributed by atoms with E-state index in [2.05, 4.69) is 15.5 Å². The number of likely N-dealkylation sites (tertiary alicyclic amines) is 1. The molecule has 3 aliphatic rings. The Kier molecular flexibility index (Phi) is 7.12. The van der Waals surface area contributed by atoms with Gasteiger partial charge in [-0.25, -0.2) is 9.79 Å². The zero-order chi connectivity index (χ0) is 22.9. The van der Waals surface area contributed by atoms with Crippen LogP contribution in [0.15, 0.2) is 53.5 Å². The van der Waals surface area contributed by atoms with Gasteiger partial charge in [0.2, 0.25) is 6.17 Å². The number of benzene rings is 2. The number of aliphatic imine (C=N–C) groups is 1. The Balaban J connectivity index is 0.00000274. The highest BCUT2D eigenvalue weighted by Crippen LogP contribution is 2.38. The van der Waals surface area contributed by atoms with Crippen molar-refractivity contribution < 1.29 is 9.59 Å². The second-order valence-electron chi connectivity index (χ2n) is 9.45. The molecule has 2 aromatic rings. The number of hydrogen-bond acceptors (Lipinski definition) is 4. The number of para-hydroxylation sites is 1. The van der Waals surface area contributed by atoms with Crippen LogP contribution in [0.25, 0.3) is 0 Å². The molecule has 0 bridgehead atoms. The number of anilines is 2. The Morgan fingerprint density at radius 1 is 1.03 bits per heavy atom. The molecule has 2 heterocycles. The summed E-state index contributed by atoms with van der Waals surface area (Å²) in [6, 6.07) is 15.0. The molecule has 0 spiro atoms. The number of urea groups is 1. The highest BCUT2D eigenvalue weighted by molar-refractivity contribution is 6.12. The van der Waals surface area contributed by atoms with Gasteiger partial charge in [0.25, 0.3) is 5.91 Å². The van der Waals surface area contributed by atoms with Crippen LogP contribution in [-0.2, 0) is 4.79 Å². The number of benzodiazepines with no additional fused rings is 1. The monoisotopic (exact) mass is 481 g/mol. The van der Waals surface area contributed by atoms with E-state index in [1.807, 2.05) is 55.5 Å². The van der Waals surface area contributed by atoms with Crippen LogP contribution >= 0.6 is 12.4 Å². The maximum absolute atomic E-state index is 13.3. The van der Waals surface area contributed by atoms with Gasteiger partial charge in [-0.3, -0.25) is 4.79 Å². The van der Waals surface area contributed by atoms with Crippen molar-refractivity contribution in [3.63, 3.8) is 0 Å². The van der Waals surface area contributed by atoms with Crippen LogP contribution in [0, 0.1) is 18.8 Å². The molecule has 180 valence electrons. The van der Waals surface area contributed by atoms with E-state index in [9.17, 15) is 9.59 Å². The molecule has 2 fully saturated rings. The Hall–Kier alpha value is -3.06. The summed E-state index contributed by atoms with van der Waals surface area (Å²) < 4.78 is 0. The predicted octanol–water partition coefficient (Wildman–Crippen LogP) is 4.41. The van der Waals surface area contributed by atoms with Crippen molar-refractivity contribution in [3.05, 3.63) is 59.7 Å². The lowest BCUT2D eigenvalue weighted by Crippen LogP contribution is -2.47. The van der Waals surface area contributed by atoms with E-state index in [4.69, 9.17) is 4.99 Å². The van der Waals surface area contributed by atoms with Crippen LogP contribution in [0.1, 0.15) is 36.8 Å². The van der Waals surface area contributed by atoms with Gasteiger partial charge in [-0.15, -0.1) is 12.4 Å². The van der Waals surface area contributed by atoms with E-state index in [-0.39, 0.29) is 18.3 Å². The molecule has 2 aromatic carbocycles. The van der Waals surface area contributed by atoms with E-state index >= 15 is 0 Å². The van der Waals surface area contributed by atoms with Gasteiger partial charge in [-0.05, 0) is 61.4 Å². The van der Waals surface area contributed by atoms with Crippen molar-refractivity contribution in [3.8, 4) is 0 Å². The zero-order valence-corrected chi connectivity index (χ0v) is 20.5. The molecule has 3 amide bonds. The fourth-order valence-corrected chi connectivity index (χ4v) is 5.44. The normalized spacial score (nSPS) is 23.8. The number of fused-ring (bicyclic) bond motifs is 2. The summed E-state index contributed by atoms with van der Waals surface area (Å²) in [7, 11) is 1.75. The second-order valence-corrected chi connectivity index (χ2v) is 9.45. The van der Waals surface area contributed by atoms with E-state index in [1.165, 1.54) is 25.7 Å². The number of halogens is 1. The minimum absolute atomic E-state index is 0. The number of amides is 3. The molecule has 2 N–H and O–H groups in total. The van der Waals surface area contributed by atoms with Crippen LogP contribution in [0.5, 0.6) is 0 Å². The van der Waals surface area contributed by atoms with Gasteiger partial charge in [0.15, 0.2) is 0 Å². The molecular weight excluding hydrogens is 450 g/mol. The molecule has 7 nitrogen and oxygen atoms in total. The van der Waals surface area contributed by atoms with Crippen LogP contribution in [0.4, 0.5) is 16.2 Å². The average molecular weight is 482 g/mol. The highest BCUT2D eigenvalue weighted by Gasteiger charge is 2.39. The van der Waals surface area contributed by atoms with Crippen molar-refractivity contribution in [2.24, 2.45) is 16.8 Å². The van der Waals surface area contributed by atoms with Crippen LogP contribution in [0.3, 0.4) is 0 Å². The van der Waals surface area contributed by atoms with Crippen molar-refractivity contribution in [1.82, 2.24) is 10.2 Å². The van der Waals surface area contributed by atoms with Gasteiger partial charge in [-0.1, -0.05) is 37.1 Å². The fraction of sp³-hybridized carbons (Fsp3) is 0.423. The first kappa shape index (κ1) is 24.1. The van der Waals surface area contributed by atoms with Gasteiger partial charge >= 0.3 is 6.03 Å². The summed E-state index contributed by atoms with van der Waals surface area (Å²) >= 11 is 0. The van der Waals surface area contributed by atoms with Crippen molar-refractivity contribution in [2.45, 2.75) is 38.8 Å². The van der Waals surface area contributed by atoms with E-state index in [0.29, 0.717) is 17.5 Å². The number of hydrogen-bond donors (Lipinski definition) is 2. The predicted molar refractivity (Wildman–Crippen MR) is 138 cm³/mol. The standard InChI is InChI=1S/C26H31N5O2.ClH/c1-17-8-7-11-20(14-17)27-26(33)29-23-25(32)30(2)22-13-6-5-12-21(22)24(28-23)31-15-18-9-3-4-10-19(18)16-31;/h5-8,11-14,18-19,23H,3-4,9-10,15-16H2,1-2H3,(H2,27,29,33);1H/t18-,19+,23?;. The topological polar surface area (TPSA) is 77.0 Å². The Bertz CT molecular complexity index is 1090. The number of nitrogens with one attached hydrogen (secondary N) is 2. The van der Waals surface area contributed by atoms with Crippen LogP contribution in [0.2, 0.25) is 0 Å². The van der Waals surface area contributed by atoms with Gasteiger partial charge in [0.05, 0.1) is 5.69 Å². The number of nitrogens with zero attached hydrogens (tertiary/aromatic N) is 3. The molecule has 1 saturated carbocycles. The maximum atomic E-state index is 13.3. The van der Waals surface area contributed by atoms with E-state index in [1.54, 1.807) is 11.9 Å². The lowest BCUT2D eigenvalue weighted by Gasteiger charge is -2.23. The molecule has 5 rings (SSSR count). The summed E-state index contributed by atoms with van der Waals surface area (Å²) in [4.78, 5) is 34.9. The number of carbonyl (C=O) groups excluding carboxylic acids is 2. The first-order chi connectivity index (χ1) is 16.0. The number of likely N-dealkylation sites (N-methyl/N-ethyl adjacent to an activating group) is 1. The number of amidine groups is 1. The van der Waals surface area contributed by atoms with Gasteiger partial charge in [-0.2, -0.15) is 0 Å². The molecular formula is C26H32ClN5O2. The van der Waals surface area contributed by atoms with Crippen molar-refractivity contribution in [2.75, 3.05) is 30.4 Å². The Labute approximate surface area is 207 Å². The minimum atomic E-state index is -0.996. The largest absolute Gasteiger partial charge is 0.356 e. The molecule has 8 heteroatoms. The number of carbonyl (C=O) groups is 2. The lowest BCUT2D eigenvalue weighted by molar-refractivity contribution is -0.119. The lowest BCUT2D eigenvalue weighted by atomic mass is 9.82. The molecule has 0 aromatic heterocycles. The van der Waals surface area contributed by atoms with Crippen molar-refractivity contribution in [1.29, 1.82) is 0 Å². The van der Waals surface area contributed by atoms with Crippen LogP contribution in [-0.4, -0.2) is 49.0 Å². The third-order valence-electron chi connectivity index (χ3n) is 7.14. The average Bonchev–Trinajstić information content (AvgIpc) is 3.21. The fourth-order valence-electron chi connectivity index (χ4n) is 5.44. The maximum Gasteiger partial charge on any atom is 0.321 e. The molecule has 0 radical (unpaired) electrons. The number of rotatable bonds is 2. The van der Waals surface area contributed by atoms with Gasteiger partial charge < -0.3 is 20.4 Å². The molecule has 3 atom stereocenters. The molecule has 2 aliphatic heterocycles. The Morgan fingerprint density at radius 2 is 1.74 bits per heavy atom. The number of aryl methyl sites for hydroxylation is 1. The molecule has 34 heavy (non-hydrogen) atoms. The summed E-state index contributed by atoms with van der Waals surface area (Å²) in [5.41, 5.74) is 3.48. The summed E-state index contributed by atoms with van der Waals surface area (Å²) in [6.45, 7) is 3.88. The quantitative estimate of drug-likeness (QED) is 0.667. The molecule has 1 saturated heterocycles. The summed E-state index contributed by atoms with van der Waals surface area (Å²) in [6.07, 6.45) is 4.11. The smallest absolute Gasteiger partial charge is 0.321 e. The zero-order valence-electron chi connectivity index (χ0n) is 19.7. The minimum Gasteiger partial charge on any atom is -0.356 e. The third kappa shape index (κ3) is 4.75. The summed E-state index contributed by atoms with van der Waals surface area (Å²) in [5, 5.41) is 5.63. The van der Waals surface area contributed by atoms with E-state index < -0.39 is 12.2 Å². The SMILES string of the molecule is Cc1cccc(NC(=O)NC2N=C(N3C[C@H]4CCCC[C@H]4C3)c3ccccc3N(C)C2=O)c1.Cl. The van der Waals surface area contributed by atoms with Crippen molar-refractivity contribution >= 4 is 41.6 Å². The van der Waals surface area contributed by atoms with Gasteiger partial charge in [0, 0.05) is 31.4 Å². The first-order valence-corrected chi connectivity index (χ1v) is 11.8. The molecule has 1 aliphatic carbocycles. The highest BCUT2D eigenvalue weighted by atomic mass is 35.5. The van der Waals surface area contributed by atoms with E-state index in [0.717, 1.165) is 35.7 Å². The van der Waals surface area contributed by atoms with Crippen LogP contribution < -0.4 is 15.5 Å². The Morgan fingerprint density at radius 3 is 2.44 bits per heavy atom. The first-order valence-electron chi connectivity index (χ1n) is 11.8. The van der Waals surface area contributed by atoms with Gasteiger partial charge in [0.1, 0.15) is 5.84 Å². The molecule has 1 unspecified atom stereocenters. The third-order valence-corrected chi connectivity index (χ3v) is 7.14. The second kappa shape index (κ2) is 10.1.